The van der Waals surface area contributed by atoms with Crippen molar-refractivity contribution in [2.24, 2.45) is 0 Å². The molecule has 4 heteroatoms. The van der Waals surface area contributed by atoms with E-state index in [0.717, 1.165) is 38.2 Å². The van der Waals surface area contributed by atoms with Gasteiger partial charge in [0.2, 0.25) is 5.91 Å². The molecule has 1 saturated heterocycles. The van der Waals surface area contributed by atoms with Gasteiger partial charge in [-0.3, -0.25) is 9.69 Å². The predicted octanol–water partition coefficient (Wildman–Crippen LogP) is 4.23. The van der Waals surface area contributed by atoms with E-state index in [9.17, 15) is 4.79 Å². The van der Waals surface area contributed by atoms with Gasteiger partial charge in [0.1, 0.15) is 0 Å². The number of amides is 1. The second-order valence-electron chi connectivity index (χ2n) is 7.78. The largest absolute Gasteiger partial charge is 0.339 e. The van der Waals surface area contributed by atoms with E-state index in [1.807, 2.05) is 22.3 Å². The highest BCUT2D eigenvalue weighted by atomic mass is 32.1. The highest BCUT2D eigenvalue weighted by Crippen LogP contribution is 2.28. The Hall–Kier alpha value is -2.43. The molecule has 0 atom stereocenters. The lowest BCUT2D eigenvalue weighted by Crippen LogP contribution is -2.61. The average Bonchev–Trinajstić information content (AvgIpc) is 3.16. The topological polar surface area (TPSA) is 23.6 Å². The maximum atomic E-state index is 12.6. The Morgan fingerprint density at radius 3 is 2.50 bits per heavy atom. The van der Waals surface area contributed by atoms with Crippen LogP contribution in [-0.2, 0) is 24.2 Å². The minimum Gasteiger partial charge on any atom is -0.339 e. The minimum absolute atomic E-state index is 0.247. The summed E-state index contributed by atoms with van der Waals surface area (Å²) in [4.78, 5) is 18.7. The highest BCUT2D eigenvalue weighted by Gasteiger charge is 2.35. The number of benzene rings is 2. The fraction of sp³-hybridized carbons (Fsp3) is 0.292. The molecule has 3 aromatic rings. The van der Waals surface area contributed by atoms with E-state index in [2.05, 4.69) is 64.9 Å². The highest BCUT2D eigenvalue weighted by molar-refractivity contribution is 7.10. The van der Waals surface area contributed by atoms with Crippen LogP contribution in [0.4, 0.5) is 0 Å². The lowest BCUT2D eigenvalue weighted by Gasteiger charge is -2.46. The molecular weight excluding hydrogens is 364 g/mol. The van der Waals surface area contributed by atoms with E-state index in [1.54, 1.807) is 4.88 Å². The molecule has 0 saturated carbocycles. The van der Waals surface area contributed by atoms with Crippen LogP contribution in [-0.4, -0.2) is 41.4 Å². The lowest BCUT2D eigenvalue weighted by atomic mass is 10.00. The first-order valence-corrected chi connectivity index (χ1v) is 10.9. The molecule has 2 aliphatic heterocycles. The molecule has 1 fully saturated rings. The Bertz CT molecular complexity index is 958. The molecule has 0 radical (unpaired) electrons. The summed E-state index contributed by atoms with van der Waals surface area (Å²) < 4.78 is 0. The summed E-state index contributed by atoms with van der Waals surface area (Å²) in [5, 5.41) is 2.20. The lowest BCUT2D eigenvalue weighted by molar-refractivity contribution is -0.138. The van der Waals surface area contributed by atoms with Crippen molar-refractivity contribution in [3.8, 4) is 11.1 Å². The van der Waals surface area contributed by atoms with Gasteiger partial charge in [-0.1, -0.05) is 54.6 Å². The van der Waals surface area contributed by atoms with Gasteiger partial charge in [0.05, 0.1) is 6.42 Å². The summed E-state index contributed by atoms with van der Waals surface area (Å²) >= 11 is 1.88. The molecule has 0 aliphatic carbocycles. The molecule has 2 aliphatic rings. The molecule has 1 aromatic heterocycles. The van der Waals surface area contributed by atoms with E-state index in [4.69, 9.17) is 0 Å². The van der Waals surface area contributed by atoms with Crippen molar-refractivity contribution in [2.75, 3.05) is 19.6 Å². The molecule has 3 heterocycles. The van der Waals surface area contributed by atoms with Crippen LogP contribution in [0, 0.1) is 0 Å². The van der Waals surface area contributed by atoms with Gasteiger partial charge in [-0.05, 0) is 40.1 Å². The Balaban J connectivity index is 1.14. The smallest absolute Gasteiger partial charge is 0.227 e. The van der Waals surface area contributed by atoms with Crippen LogP contribution in [0.3, 0.4) is 0 Å². The molecule has 142 valence electrons. The summed E-state index contributed by atoms with van der Waals surface area (Å²) in [6.07, 6.45) is 1.65. The molecule has 0 spiro atoms. The van der Waals surface area contributed by atoms with Gasteiger partial charge in [0.25, 0.3) is 0 Å². The summed E-state index contributed by atoms with van der Waals surface area (Å²) in [5.74, 6) is 0.247. The number of carbonyl (C=O) groups excluding carboxylic acids is 1. The maximum Gasteiger partial charge on any atom is 0.227 e. The van der Waals surface area contributed by atoms with Crippen LogP contribution < -0.4 is 0 Å². The number of fused-ring (bicyclic) bond motifs is 1. The van der Waals surface area contributed by atoms with Crippen molar-refractivity contribution >= 4 is 17.2 Å². The second kappa shape index (κ2) is 7.53. The van der Waals surface area contributed by atoms with E-state index in [0.29, 0.717) is 12.5 Å². The van der Waals surface area contributed by atoms with Gasteiger partial charge in [0.15, 0.2) is 0 Å². The molecule has 0 unspecified atom stereocenters. The normalized spacial score (nSPS) is 17.2. The average molecular weight is 389 g/mol. The quantitative estimate of drug-likeness (QED) is 0.668. The molecule has 28 heavy (non-hydrogen) atoms. The Labute approximate surface area is 170 Å². The van der Waals surface area contributed by atoms with Gasteiger partial charge in [-0.2, -0.15) is 0 Å². The van der Waals surface area contributed by atoms with E-state index in [-0.39, 0.29) is 5.91 Å². The zero-order valence-electron chi connectivity index (χ0n) is 15.9. The fourth-order valence-electron chi connectivity index (χ4n) is 4.20. The van der Waals surface area contributed by atoms with E-state index >= 15 is 0 Å². The van der Waals surface area contributed by atoms with Gasteiger partial charge in [-0.15, -0.1) is 11.3 Å². The number of likely N-dealkylation sites (tertiary alicyclic amines) is 1. The Morgan fingerprint density at radius 1 is 0.964 bits per heavy atom. The van der Waals surface area contributed by atoms with Crippen LogP contribution in [0.25, 0.3) is 11.1 Å². The van der Waals surface area contributed by atoms with E-state index < -0.39 is 0 Å². The number of hydrogen-bond acceptors (Lipinski definition) is 3. The predicted molar refractivity (Wildman–Crippen MR) is 114 cm³/mol. The van der Waals surface area contributed by atoms with Gasteiger partial charge >= 0.3 is 0 Å². The second-order valence-corrected chi connectivity index (χ2v) is 8.78. The molecule has 5 rings (SSSR count). The van der Waals surface area contributed by atoms with Crippen molar-refractivity contribution in [3.63, 3.8) is 0 Å². The third kappa shape index (κ3) is 3.50. The molecule has 0 N–H and O–H groups in total. The standard InChI is InChI=1S/C24H24N2OS/c27-24(14-18-6-8-20(9-7-18)19-4-2-1-3-5-19)26-16-22(17-26)25-12-10-23-21(15-25)11-13-28-23/h1-9,11,13,22H,10,12,14-17H2. The third-order valence-corrected chi connectivity index (χ3v) is 7.01. The summed E-state index contributed by atoms with van der Waals surface area (Å²) in [6.45, 7) is 3.93. The zero-order chi connectivity index (χ0) is 18.9. The minimum atomic E-state index is 0.247. The first-order chi connectivity index (χ1) is 13.8. The molecule has 3 nitrogen and oxygen atoms in total. The van der Waals surface area contributed by atoms with Crippen LogP contribution in [0.5, 0.6) is 0 Å². The van der Waals surface area contributed by atoms with Crippen molar-refractivity contribution < 1.29 is 4.79 Å². The molecule has 0 bridgehead atoms. The fourth-order valence-corrected chi connectivity index (χ4v) is 5.09. The summed E-state index contributed by atoms with van der Waals surface area (Å²) in [7, 11) is 0. The van der Waals surface area contributed by atoms with Crippen molar-refractivity contribution in [1.82, 2.24) is 9.80 Å². The van der Waals surface area contributed by atoms with Crippen LogP contribution in [0.15, 0.2) is 66.0 Å². The molecular formula is C24H24N2OS. The number of rotatable bonds is 4. The Morgan fingerprint density at radius 2 is 1.71 bits per heavy atom. The van der Waals surface area contributed by atoms with E-state index in [1.165, 1.54) is 16.7 Å². The third-order valence-electron chi connectivity index (χ3n) is 5.98. The van der Waals surface area contributed by atoms with Crippen LogP contribution in [0.1, 0.15) is 16.0 Å². The van der Waals surface area contributed by atoms with Gasteiger partial charge in [0, 0.05) is 37.1 Å². The molecule has 2 aromatic carbocycles. The monoisotopic (exact) mass is 388 g/mol. The molecule has 1 amide bonds. The maximum absolute atomic E-state index is 12.6. The SMILES string of the molecule is O=C(Cc1ccc(-c2ccccc2)cc1)N1CC(N2CCc3sccc3C2)C1. The zero-order valence-corrected chi connectivity index (χ0v) is 16.7. The van der Waals surface area contributed by atoms with Gasteiger partial charge in [-0.25, -0.2) is 0 Å². The van der Waals surface area contributed by atoms with Crippen molar-refractivity contribution in [3.05, 3.63) is 82.0 Å². The number of nitrogens with zero attached hydrogens (tertiary/aromatic N) is 2. The Kier molecular flexibility index (Phi) is 4.75. The number of carbonyl (C=O) groups is 1. The van der Waals surface area contributed by atoms with Crippen LogP contribution in [0.2, 0.25) is 0 Å². The van der Waals surface area contributed by atoms with Crippen molar-refractivity contribution in [2.45, 2.75) is 25.4 Å². The summed E-state index contributed by atoms with van der Waals surface area (Å²) in [6, 6.07) is 21.5. The number of thiophene rings is 1. The first kappa shape index (κ1) is 17.7. The summed E-state index contributed by atoms with van der Waals surface area (Å²) in [5.41, 5.74) is 4.98. The first-order valence-electron chi connectivity index (χ1n) is 9.98. The van der Waals surface area contributed by atoms with Gasteiger partial charge < -0.3 is 4.90 Å². The van der Waals surface area contributed by atoms with Crippen LogP contribution >= 0.6 is 11.3 Å². The van der Waals surface area contributed by atoms with Crippen molar-refractivity contribution in [1.29, 1.82) is 0 Å². The number of hydrogen-bond donors (Lipinski definition) is 0.